The fraction of sp³-hybridized carbons (Fsp3) is 0.297. The molecule has 0 unspecified atom stereocenters. The first-order chi connectivity index (χ1) is 21.7. The Balaban J connectivity index is 1.76. The Labute approximate surface area is 264 Å². The number of anilines is 1. The number of nitrogens with one attached hydrogen (secondary N) is 1. The van der Waals surface area contributed by atoms with Gasteiger partial charge in [0.15, 0.2) is 0 Å². The lowest BCUT2D eigenvalue weighted by Crippen LogP contribution is -2.23. The molecule has 4 rings (SSSR count). The molecule has 3 aromatic carbocycles. The van der Waals surface area contributed by atoms with E-state index < -0.39 is 18.2 Å². The van der Waals surface area contributed by atoms with Crippen LogP contribution in [0.2, 0.25) is 0 Å². The zero-order valence-corrected chi connectivity index (χ0v) is 25.9. The highest BCUT2D eigenvalue weighted by atomic mass is 19.1. The summed E-state index contributed by atoms with van der Waals surface area (Å²) in [5, 5.41) is 24.5. The number of rotatable bonds is 14. The quantitative estimate of drug-likeness (QED) is 0.102. The van der Waals surface area contributed by atoms with Gasteiger partial charge in [-0.1, -0.05) is 74.5 Å². The number of esters is 1. The van der Waals surface area contributed by atoms with E-state index in [-0.39, 0.29) is 43.5 Å². The van der Waals surface area contributed by atoms with Gasteiger partial charge in [-0.25, -0.2) is 4.39 Å². The first-order valence-electron chi connectivity index (χ1n) is 15.3. The van der Waals surface area contributed by atoms with Crippen molar-refractivity contribution in [3.8, 4) is 22.4 Å². The summed E-state index contributed by atoms with van der Waals surface area (Å²) < 4.78 is 21.2. The number of hydrogen-bond donors (Lipinski definition) is 3. The summed E-state index contributed by atoms with van der Waals surface area (Å²) in [5.74, 6) is -1.30. The summed E-state index contributed by atoms with van der Waals surface area (Å²) in [6.07, 6.45) is 1.44. The maximum Gasteiger partial charge on any atom is 0.308 e. The van der Waals surface area contributed by atoms with Crippen LogP contribution in [0.15, 0.2) is 97.1 Å². The van der Waals surface area contributed by atoms with Gasteiger partial charge < -0.3 is 24.8 Å². The number of halogens is 1. The lowest BCUT2D eigenvalue weighted by molar-refractivity contribution is -0.145. The van der Waals surface area contributed by atoms with Gasteiger partial charge in [-0.3, -0.25) is 9.59 Å². The smallest absolute Gasteiger partial charge is 0.308 e. The second-order valence-corrected chi connectivity index (χ2v) is 11.3. The lowest BCUT2D eigenvalue weighted by atomic mass is 9.94. The molecule has 1 aromatic heterocycles. The van der Waals surface area contributed by atoms with Crippen LogP contribution in [0.3, 0.4) is 0 Å². The number of carbonyl (C=O) groups is 2. The van der Waals surface area contributed by atoms with E-state index in [0.29, 0.717) is 28.9 Å². The third kappa shape index (κ3) is 8.77. The minimum Gasteiger partial charge on any atom is -0.461 e. The van der Waals surface area contributed by atoms with Crippen molar-refractivity contribution in [1.29, 1.82) is 0 Å². The lowest BCUT2D eigenvalue weighted by Gasteiger charge is -2.20. The van der Waals surface area contributed by atoms with Crippen LogP contribution < -0.4 is 5.32 Å². The van der Waals surface area contributed by atoms with Gasteiger partial charge in [0, 0.05) is 23.5 Å². The third-order valence-corrected chi connectivity index (χ3v) is 7.50. The molecular weight excluding hydrogens is 571 g/mol. The number of allylic oxidation sites excluding steroid dienone is 1. The van der Waals surface area contributed by atoms with Gasteiger partial charge in [-0.2, -0.15) is 0 Å². The van der Waals surface area contributed by atoms with Gasteiger partial charge in [0.25, 0.3) is 5.91 Å². The Morgan fingerprint density at radius 3 is 2.18 bits per heavy atom. The van der Waals surface area contributed by atoms with E-state index in [4.69, 9.17) is 4.74 Å². The van der Waals surface area contributed by atoms with Crippen LogP contribution >= 0.6 is 0 Å². The molecule has 3 N–H and O–H groups in total. The number of ether oxygens (including phenoxy) is 1. The Kier molecular flexibility index (Phi) is 11.8. The Morgan fingerprint density at radius 1 is 0.911 bits per heavy atom. The molecule has 1 heterocycles. The zero-order chi connectivity index (χ0) is 32.3. The van der Waals surface area contributed by atoms with E-state index in [1.165, 1.54) is 12.1 Å². The number of nitrogens with zero attached hydrogens (tertiary/aromatic N) is 1. The standard InChI is InChI=1S/C37H41FN2O5/c1-4-5-22-45-32(43)24-31(42)23-30(41)20-21-40-35(25(2)3)34(37(44)39-29-14-10-7-11-15-29)33(26-12-8-6-9-13-26)36(40)27-16-18-28(38)19-17-27/h4-19,25,30-31,41-42H,20-24H2,1-3H3,(H,39,44)/b5-4+/t30-,31-/m1/s1. The van der Waals surface area contributed by atoms with E-state index in [2.05, 4.69) is 5.32 Å². The van der Waals surface area contributed by atoms with Crippen molar-refractivity contribution in [1.82, 2.24) is 4.57 Å². The predicted octanol–water partition coefficient (Wildman–Crippen LogP) is 7.35. The molecule has 45 heavy (non-hydrogen) atoms. The van der Waals surface area contributed by atoms with Crippen molar-refractivity contribution in [2.75, 3.05) is 11.9 Å². The topological polar surface area (TPSA) is 101 Å². The normalized spacial score (nSPS) is 12.8. The van der Waals surface area contributed by atoms with Gasteiger partial charge in [0.05, 0.1) is 29.9 Å². The molecule has 0 saturated heterocycles. The minimum atomic E-state index is -1.07. The summed E-state index contributed by atoms with van der Waals surface area (Å²) in [4.78, 5) is 26.2. The van der Waals surface area contributed by atoms with Crippen molar-refractivity contribution in [2.45, 2.75) is 64.7 Å². The molecule has 236 valence electrons. The van der Waals surface area contributed by atoms with Crippen molar-refractivity contribution in [3.63, 3.8) is 0 Å². The highest BCUT2D eigenvalue weighted by molar-refractivity contribution is 6.12. The number of benzene rings is 3. The molecular formula is C37H41FN2O5. The second-order valence-electron chi connectivity index (χ2n) is 11.3. The molecule has 2 atom stereocenters. The van der Waals surface area contributed by atoms with Gasteiger partial charge in [0.1, 0.15) is 12.4 Å². The molecule has 0 aliphatic carbocycles. The maximum absolute atomic E-state index is 14.2. The van der Waals surface area contributed by atoms with Crippen LogP contribution in [0, 0.1) is 5.82 Å². The summed E-state index contributed by atoms with van der Waals surface area (Å²) in [7, 11) is 0. The summed E-state index contributed by atoms with van der Waals surface area (Å²) in [6, 6.07) is 25.0. The maximum atomic E-state index is 14.2. The van der Waals surface area contributed by atoms with Crippen LogP contribution in [-0.4, -0.2) is 45.5 Å². The second kappa shape index (κ2) is 16.0. The third-order valence-electron chi connectivity index (χ3n) is 7.50. The molecule has 1 amide bonds. The van der Waals surface area contributed by atoms with E-state index in [0.717, 1.165) is 17.0 Å². The number of aromatic nitrogens is 1. The molecule has 0 aliphatic heterocycles. The largest absolute Gasteiger partial charge is 0.461 e. The SMILES string of the molecule is C/C=C/COC(=O)C[C@H](O)C[C@H](O)CCn1c(-c2ccc(F)cc2)c(-c2ccccc2)c(C(=O)Nc2ccccc2)c1C(C)C. The van der Waals surface area contributed by atoms with Crippen LogP contribution in [0.1, 0.15) is 62.0 Å². The van der Waals surface area contributed by atoms with Crippen molar-refractivity contribution in [3.05, 3.63) is 114 Å². The Hall–Kier alpha value is -4.53. The van der Waals surface area contributed by atoms with Crippen molar-refractivity contribution >= 4 is 17.6 Å². The number of hydrogen-bond acceptors (Lipinski definition) is 5. The van der Waals surface area contributed by atoms with Gasteiger partial charge >= 0.3 is 5.97 Å². The van der Waals surface area contributed by atoms with Gasteiger partial charge in [-0.05, 0) is 73.2 Å². The van der Waals surface area contributed by atoms with E-state index >= 15 is 0 Å². The minimum absolute atomic E-state index is 0.0181. The molecule has 7 nitrogen and oxygen atoms in total. The van der Waals surface area contributed by atoms with Crippen molar-refractivity contribution < 1.29 is 28.9 Å². The van der Waals surface area contributed by atoms with Crippen LogP contribution in [0.25, 0.3) is 22.4 Å². The number of aliphatic hydroxyl groups excluding tert-OH is 2. The molecule has 4 aromatic rings. The van der Waals surface area contributed by atoms with E-state index in [1.807, 2.05) is 86.0 Å². The highest BCUT2D eigenvalue weighted by Gasteiger charge is 2.31. The van der Waals surface area contributed by atoms with Crippen LogP contribution in [-0.2, 0) is 16.1 Å². The molecule has 0 spiro atoms. The van der Waals surface area contributed by atoms with Gasteiger partial charge in [0.2, 0.25) is 0 Å². The average molecular weight is 613 g/mol. The number of carbonyl (C=O) groups excluding carboxylic acids is 2. The predicted molar refractivity (Wildman–Crippen MR) is 175 cm³/mol. The molecule has 0 radical (unpaired) electrons. The fourth-order valence-electron chi connectivity index (χ4n) is 5.49. The summed E-state index contributed by atoms with van der Waals surface area (Å²) >= 11 is 0. The molecule has 0 saturated carbocycles. The first kappa shape index (κ1) is 33.4. The first-order valence-corrected chi connectivity index (χ1v) is 15.3. The van der Waals surface area contributed by atoms with Gasteiger partial charge in [-0.15, -0.1) is 0 Å². The monoisotopic (exact) mass is 612 g/mol. The number of aliphatic hydroxyl groups is 2. The molecule has 0 fully saturated rings. The molecule has 0 bridgehead atoms. The van der Waals surface area contributed by atoms with E-state index in [1.54, 1.807) is 24.3 Å². The van der Waals surface area contributed by atoms with Crippen molar-refractivity contribution in [2.24, 2.45) is 0 Å². The highest BCUT2D eigenvalue weighted by Crippen LogP contribution is 2.42. The summed E-state index contributed by atoms with van der Waals surface area (Å²) in [5.41, 5.74) is 4.89. The van der Waals surface area contributed by atoms with Crippen LogP contribution in [0.4, 0.5) is 10.1 Å². The molecule has 8 heteroatoms. The van der Waals surface area contributed by atoms with E-state index in [9.17, 15) is 24.2 Å². The Morgan fingerprint density at radius 2 is 1.56 bits per heavy atom. The summed E-state index contributed by atoms with van der Waals surface area (Å²) in [6.45, 7) is 6.27. The Bertz CT molecular complexity index is 1580. The number of para-hydroxylation sites is 1. The average Bonchev–Trinajstić information content (AvgIpc) is 3.37. The number of amides is 1. The zero-order valence-electron chi connectivity index (χ0n) is 25.9. The fourth-order valence-corrected chi connectivity index (χ4v) is 5.49. The van der Waals surface area contributed by atoms with Crippen LogP contribution in [0.5, 0.6) is 0 Å². The molecule has 0 aliphatic rings.